The number of rotatable bonds is 5. The molecule has 0 N–H and O–H groups in total. The molecule has 0 aliphatic rings. The molecule has 98 valence electrons. The van der Waals surface area contributed by atoms with Crippen LogP contribution in [-0.4, -0.2) is 0 Å². The molecule has 0 nitrogen and oxygen atoms in total. The standard InChI is InChI=1S/C16H34/c1-10-11-16(9,14(4,5)6)15(7,8)12-13(2)3/h13H,10-12H2,1-9H3. The summed E-state index contributed by atoms with van der Waals surface area (Å²) in [7, 11) is 0. The van der Waals surface area contributed by atoms with Crippen LogP contribution in [0.2, 0.25) is 0 Å². The van der Waals surface area contributed by atoms with E-state index in [0.717, 1.165) is 5.92 Å². The molecule has 16 heavy (non-hydrogen) atoms. The summed E-state index contributed by atoms with van der Waals surface area (Å²) in [6.07, 6.45) is 3.94. The molecule has 0 rings (SSSR count). The SMILES string of the molecule is CCCC(C)(C(C)(C)C)C(C)(C)CC(C)C. The summed E-state index contributed by atoms with van der Waals surface area (Å²) in [5, 5.41) is 0. The minimum absolute atomic E-state index is 0.376. The second-order valence-electron chi connectivity index (χ2n) is 7.81. The van der Waals surface area contributed by atoms with Gasteiger partial charge >= 0.3 is 0 Å². The second kappa shape index (κ2) is 5.10. The van der Waals surface area contributed by atoms with Gasteiger partial charge in [0.2, 0.25) is 0 Å². The number of hydrogen-bond donors (Lipinski definition) is 0. The topological polar surface area (TPSA) is 0 Å². The van der Waals surface area contributed by atoms with Crippen molar-refractivity contribution in [1.29, 1.82) is 0 Å². The highest BCUT2D eigenvalue weighted by Crippen LogP contribution is 2.56. The van der Waals surface area contributed by atoms with Gasteiger partial charge in [0.05, 0.1) is 0 Å². The van der Waals surface area contributed by atoms with E-state index in [-0.39, 0.29) is 0 Å². The van der Waals surface area contributed by atoms with Crippen LogP contribution in [0.5, 0.6) is 0 Å². The Balaban J connectivity index is 5.18. The van der Waals surface area contributed by atoms with E-state index in [2.05, 4.69) is 62.3 Å². The van der Waals surface area contributed by atoms with Crippen LogP contribution in [0.15, 0.2) is 0 Å². The molecule has 0 bridgehead atoms. The fourth-order valence-electron chi connectivity index (χ4n) is 3.47. The third kappa shape index (κ3) is 3.25. The van der Waals surface area contributed by atoms with Gasteiger partial charge in [0.25, 0.3) is 0 Å². The highest BCUT2D eigenvalue weighted by atomic mass is 14.5. The summed E-state index contributed by atoms with van der Waals surface area (Å²) in [5.41, 5.74) is 1.20. The third-order valence-electron chi connectivity index (χ3n) is 4.82. The van der Waals surface area contributed by atoms with Crippen molar-refractivity contribution in [2.24, 2.45) is 22.2 Å². The zero-order valence-corrected chi connectivity index (χ0v) is 13.2. The molecule has 0 heterocycles. The minimum atomic E-state index is 0.376. The molecule has 0 spiro atoms. The van der Waals surface area contributed by atoms with Crippen LogP contribution in [0.4, 0.5) is 0 Å². The fraction of sp³-hybridized carbons (Fsp3) is 1.00. The molecule has 0 heteroatoms. The van der Waals surface area contributed by atoms with Crippen LogP contribution in [0.3, 0.4) is 0 Å². The van der Waals surface area contributed by atoms with Gasteiger partial charge < -0.3 is 0 Å². The van der Waals surface area contributed by atoms with Gasteiger partial charge in [-0.05, 0) is 35.0 Å². The third-order valence-corrected chi connectivity index (χ3v) is 4.82. The van der Waals surface area contributed by atoms with Gasteiger partial charge in [0.1, 0.15) is 0 Å². The van der Waals surface area contributed by atoms with Gasteiger partial charge in [-0.25, -0.2) is 0 Å². The van der Waals surface area contributed by atoms with Crippen molar-refractivity contribution < 1.29 is 0 Å². The van der Waals surface area contributed by atoms with Crippen LogP contribution in [-0.2, 0) is 0 Å². The lowest BCUT2D eigenvalue weighted by Gasteiger charge is -2.54. The van der Waals surface area contributed by atoms with E-state index in [9.17, 15) is 0 Å². The molecule has 0 aromatic heterocycles. The molecule has 0 saturated heterocycles. The van der Waals surface area contributed by atoms with Gasteiger partial charge in [0.15, 0.2) is 0 Å². The van der Waals surface area contributed by atoms with Crippen molar-refractivity contribution in [2.45, 2.75) is 81.6 Å². The first-order valence-corrected chi connectivity index (χ1v) is 6.98. The normalized spacial score (nSPS) is 17.6. The monoisotopic (exact) mass is 226 g/mol. The predicted octanol–water partition coefficient (Wildman–Crippen LogP) is 5.91. The van der Waals surface area contributed by atoms with Crippen LogP contribution in [0.25, 0.3) is 0 Å². The van der Waals surface area contributed by atoms with E-state index in [1.54, 1.807) is 0 Å². The van der Waals surface area contributed by atoms with E-state index in [0.29, 0.717) is 16.2 Å². The molecule has 0 aromatic rings. The molecule has 0 aromatic carbocycles. The van der Waals surface area contributed by atoms with Gasteiger partial charge in [-0.1, -0.05) is 68.7 Å². The van der Waals surface area contributed by atoms with Crippen LogP contribution in [0.1, 0.15) is 81.6 Å². The van der Waals surface area contributed by atoms with E-state index < -0.39 is 0 Å². The first kappa shape index (κ1) is 16.0. The first-order chi connectivity index (χ1) is 6.98. The van der Waals surface area contributed by atoms with Gasteiger partial charge in [-0.15, -0.1) is 0 Å². The lowest BCUT2D eigenvalue weighted by molar-refractivity contribution is -0.0460. The second-order valence-corrected chi connectivity index (χ2v) is 7.81. The summed E-state index contributed by atoms with van der Waals surface area (Å²) in [5.74, 6) is 0.786. The lowest BCUT2D eigenvalue weighted by atomic mass is 9.51. The lowest BCUT2D eigenvalue weighted by Crippen LogP contribution is -2.46. The molecular weight excluding hydrogens is 192 g/mol. The fourth-order valence-corrected chi connectivity index (χ4v) is 3.47. The van der Waals surface area contributed by atoms with Crippen molar-refractivity contribution >= 4 is 0 Å². The molecule has 0 fully saturated rings. The van der Waals surface area contributed by atoms with Crippen LogP contribution < -0.4 is 0 Å². The highest BCUT2D eigenvalue weighted by molar-refractivity contribution is 4.97. The summed E-state index contributed by atoms with van der Waals surface area (Å²) >= 11 is 0. The first-order valence-electron chi connectivity index (χ1n) is 6.98. The smallest absolute Gasteiger partial charge is 0.0226 e. The van der Waals surface area contributed by atoms with E-state index in [1.807, 2.05) is 0 Å². The van der Waals surface area contributed by atoms with Gasteiger partial charge in [0, 0.05) is 0 Å². The molecule has 0 aliphatic carbocycles. The van der Waals surface area contributed by atoms with Crippen molar-refractivity contribution in [3.05, 3.63) is 0 Å². The maximum absolute atomic E-state index is 2.50. The quantitative estimate of drug-likeness (QED) is 0.546. The minimum Gasteiger partial charge on any atom is -0.0654 e. The van der Waals surface area contributed by atoms with Crippen molar-refractivity contribution in [3.8, 4) is 0 Å². The van der Waals surface area contributed by atoms with E-state index in [4.69, 9.17) is 0 Å². The summed E-state index contributed by atoms with van der Waals surface area (Å²) < 4.78 is 0. The Morgan fingerprint density at radius 2 is 1.31 bits per heavy atom. The summed E-state index contributed by atoms with van der Waals surface area (Å²) in [6, 6.07) is 0. The highest BCUT2D eigenvalue weighted by Gasteiger charge is 2.47. The molecule has 0 aliphatic heterocycles. The number of hydrogen-bond acceptors (Lipinski definition) is 0. The molecule has 0 saturated carbocycles. The average Bonchev–Trinajstić information content (AvgIpc) is 1.99. The zero-order chi connectivity index (χ0) is 13.2. The molecule has 0 amide bonds. The van der Waals surface area contributed by atoms with Gasteiger partial charge in [-0.2, -0.15) is 0 Å². The van der Waals surface area contributed by atoms with Crippen molar-refractivity contribution in [3.63, 3.8) is 0 Å². The molecular formula is C16H34. The Hall–Kier alpha value is 0. The molecule has 1 atom stereocenters. The summed E-state index contributed by atoms with van der Waals surface area (Å²) in [4.78, 5) is 0. The maximum Gasteiger partial charge on any atom is -0.0226 e. The molecule has 0 radical (unpaired) electrons. The zero-order valence-electron chi connectivity index (χ0n) is 13.2. The van der Waals surface area contributed by atoms with Gasteiger partial charge in [-0.3, -0.25) is 0 Å². The average molecular weight is 226 g/mol. The Kier molecular flexibility index (Phi) is 5.10. The predicted molar refractivity (Wildman–Crippen MR) is 75.7 cm³/mol. The Bertz CT molecular complexity index is 205. The van der Waals surface area contributed by atoms with Crippen LogP contribution >= 0.6 is 0 Å². The van der Waals surface area contributed by atoms with Crippen LogP contribution in [0, 0.1) is 22.2 Å². The van der Waals surface area contributed by atoms with E-state index in [1.165, 1.54) is 19.3 Å². The Morgan fingerprint density at radius 1 is 0.875 bits per heavy atom. The Morgan fingerprint density at radius 3 is 1.56 bits per heavy atom. The largest absolute Gasteiger partial charge is 0.0654 e. The Labute approximate surface area is 104 Å². The van der Waals surface area contributed by atoms with E-state index >= 15 is 0 Å². The molecule has 1 unspecified atom stereocenters. The summed E-state index contributed by atoms with van der Waals surface area (Å²) in [6.45, 7) is 21.7. The maximum atomic E-state index is 2.50. The van der Waals surface area contributed by atoms with Crippen molar-refractivity contribution in [2.75, 3.05) is 0 Å². The van der Waals surface area contributed by atoms with Crippen molar-refractivity contribution in [1.82, 2.24) is 0 Å².